The molecule has 0 saturated heterocycles. The van der Waals surface area contributed by atoms with Crippen molar-refractivity contribution in [2.75, 3.05) is 19.6 Å². The molecular formula is C19H23N3O4S. The molecule has 2 aromatic carbocycles. The summed E-state index contributed by atoms with van der Waals surface area (Å²) in [5, 5.41) is 10.8. The Labute approximate surface area is 159 Å². The van der Waals surface area contributed by atoms with Crippen LogP contribution in [0.4, 0.5) is 5.69 Å². The molecule has 0 fully saturated rings. The number of hydrogen-bond donors (Lipinski definition) is 1. The van der Waals surface area contributed by atoms with Crippen molar-refractivity contribution in [3.05, 3.63) is 69.8 Å². The number of unbranched alkanes of at least 4 members (excludes halogenated alkanes) is 1. The molecule has 0 amide bonds. The van der Waals surface area contributed by atoms with E-state index in [1.54, 1.807) is 0 Å². The molecule has 0 aliphatic carbocycles. The molecule has 1 aliphatic heterocycles. The molecule has 0 atom stereocenters. The minimum Gasteiger partial charge on any atom is -0.299 e. The van der Waals surface area contributed by atoms with Gasteiger partial charge in [0.25, 0.3) is 5.69 Å². The average molecular weight is 389 g/mol. The summed E-state index contributed by atoms with van der Waals surface area (Å²) in [6.45, 7) is 3.20. The van der Waals surface area contributed by atoms with E-state index in [9.17, 15) is 18.5 Å². The first kappa shape index (κ1) is 19.5. The lowest BCUT2D eigenvalue weighted by Crippen LogP contribution is -2.32. The smallest absolute Gasteiger partial charge is 0.270 e. The predicted molar refractivity (Wildman–Crippen MR) is 103 cm³/mol. The lowest BCUT2D eigenvalue weighted by atomic mass is 10.00. The quantitative estimate of drug-likeness (QED) is 0.426. The summed E-state index contributed by atoms with van der Waals surface area (Å²) in [7, 11) is -3.73. The number of nitro groups is 1. The highest BCUT2D eigenvalue weighted by Gasteiger charge is 2.18. The summed E-state index contributed by atoms with van der Waals surface area (Å²) in [6.07, 6.45) is 2.65. The molecule has 0 aromatic heterocycles. The van der Waals surface area contributed by atoms with Crippen molar-refractivity contribution in [2.45, 2.75) is 30.7 Å². The Morgan fingerprint density at radius 1 is 1.07 bits per heavy atom. The van der Waals surface area contributed by atoms with E-state index in [4.69, 9.17) is 0 Å². The van der Waals surface area contributed by atoms with Gasteiger partial charge in [0.2, 0.25) is 10.0 Å². The van der Waals surface area contributed by atoms with E-state index in [0.29, 0.717) is 13.0 Å². The minimum absolute atomic E-state index is 0.0793. The Kier molecular flexibility index (Phi) is 6.20. The highest BCUT2D eigenvalue weighted by Crippen LogP contribution is 2.19. The maximum Gasteiger partial charge on any atom is 0.270 e. The van der Waals surface area contributed by atoms with Gasteiger partial charge < -0.3 is 0 Å². The number of rotatable bonds is 8. The van der Waals surface area contributed by atoms with Crippen LogP contribution in [0.3, 0.4) is 0 Å². The molecule has 0 spiro atoms. The van der Waals surface area contributed by atoms with E-state index in [2.05, 4.69) is 33.9 Å². The van der Waals surface area contributed by atoms with Crippen molar-refractivity contribution in [2.24, 2.45) is 0 Å². The standard InChI is InChI=1S/C19H23N3O4S/c23-22(24)18-8-5-9-19(14-18)27(25,26)20-11-3-4-12-21-13-10-16-6-1-2-7-17(16)15-21/h1-2,5-9,14,20H,3-4,10-13,15H2. The molecule has 1 aliphatic rings. The van der Waals surface area contributed by atoms with Gasteiger partial charge in [-0.15, -0.1) is 0 Å². The van der Waals surface area contributed by atoms with E-state index in [1.165, 1.54) is 29.3 Å². The largest absolute Gasteiger partial charge is 0.299 e. The third kappa shape index (κ3) is 5.12. The van der Waals surface area contributed by atoms with Crippen LogP contribution >= 0.6 is 0 Å². The summed E-state index contributed by atoms with van der Waals surface area (Å²) in [5.41, 5.74) is 2.55. The zero-order valence-electron chi connectivity index (χ0n) is 15.0. The van der Waals surface area contributed by atoms with E-state index in [0.717, 1.165) is 38.5 Å². The second-order valence-electron chi connectivity index (χ2n) is 6.65. The molecule has 144 valence electrons. The normalized spacial score (nSPS) is 14.7. The second-order valence-corrected chi connectivity index (χ2v) is 8.42. The van der Waals surface area contributed by atoms with Crippen LogP contribution in [0.1, 0.15) is 24.0 Å². The fourth-order valence-electron chi connectivity index (χ4n) is 3.26. The van der Waals surface area contributed by atoms with Crippen LogP contribution in [-0.4, -0.2) is 37.9 Å². The van der Waals surface area contributed by atoms with Gasteiger partial charge in [0.1, 0.15) is 0 Å². The number of nitrogens with zero attached hydrogens (tertiary/aromatic N) is 2. The SMILES string of the molecule is O=[N+]([O-])c1cccc(S(=O)(=O)NCCCCN2CCc3ccccc3C2)c1. The monoisotopic (exact) mass is 389 g/mol. The third-order valence-electron chi connectivity index (χ3n) is 4.74. The number of benzene rings is 2. The fraction of sp³-hybridized carbons (Fsp3) is 0.368. The van der Waals surface area contributed by atoms with Crippen LogP contribution in [-0.2, 0) is 23.0 Å². The van der Waals surface area contributed by atoms with Crippen molar-refractivity contribution in [1.29, 1.82) is 0 Å². The van der Waals surface area contributed by atoms with Crippen LogP contribution in [0.25, 0.3) is 0 Å². The van der Waals surface area contributed by atoms with Crippen molar-refractivity contribution in [3.63, 3.8) is 0 Å². The van der Waals surface area contributed by atoms with Gasteiger partial charge in [-0.2, -0.15) is 0 Å². The Balaban J connectivity index is 1.44. The summed E-state index contributed by atoms with van der Waals surface area (Å²) in [6, 6.07) is 13.6. The first-order valence-electron chi connectivity index (χ1n) is 8.99. The van der Waals surface area contributed by atoms with Gasteiger partial charge in [-0.1, -0.05) is 30.3 Å². The third-order valence-corrected chi connectivity index (χ3v) is 6.20. The zero-order chi connectivity index (χ0) is 19.3. The molecule has 3 rings (SSSR count). The Morgan fingerprint density at radius 3 is 2.63 bits per heavy atom. The van der Waals surface area contributed by atoms with Gasteiger partial charge in [-0.25, -0.2) is 13.1 Å². The summed E-state index contributed by atoms with van der Waals surface area (Å²) >= 11 is 0. The molecule has 8 heteroatoms. The van der Waals surface area contributed by atoms with Crippen molar-refractivity contribution < 1.29 is 13.3 Å². The van der Waals surface area contributed by atoms with Crippen LogP contribution in [0, 0.1) is 10.1 Å². The van der Waals surface area contributed by atoms with Crippen LogP contribution in [0.15, 0.2) is 53.4 Å². The number of fused-ring (bicyclic) bond motifs is 1. The van der Waals surface area contributed by atoms with Gasteiger partial charge in [0.05, 0.1) is 9.82 Å². The summed E-state index contributed by atoms with van der Waals surface area (Å²) in [4.78, 5) is 12.5. The van der Waals surface area contributed by atoms with Crippen molar-refractivity contribution in [3.8, 4) is 0 Å². The topological polar surface area (TPSA) is 92.5 Å². The molecule has 0 unspecified atom stereocenters. The number of non-ortho nitro benzene ring substituents is 1. The highest BCUT2D eigenvalue weighted by molar-refractivity contribution is 7.89. The second kappa shape index (κ2) is 8.60. The van der Waals surface area contributed by atoms with E-state index in [1.807, 2.05) is 0 Å². The average Bonchev–Trinajstić information content (AvgIpc) is 2.67. The van der Waals surface area contributed by atoms with Crippen LogP contribution < -0.4 is 4.72 Å². The minimum atomic E-state index is -3.73. The van der Waals surface area contributed by atoms with Crippen molar-refractivity contribution >= 4 is 15.7 Å². The van der Waals surface area contributed by atoms with Gasteiger partial charge in [-0.05, 0) is 43.0 Å². The predicted octanol–water partition coefficient (Wildman–Crippen LogP) is 2.71. The Bertz CT molecular complexity index is 915. The first-order valence-corrected chi connectivity index (χ1v) is 10.5. The molecule has 27 heavy (non-hydrogen) atoms. The number of nitrogens with one attached hydrogen (secondary N) is 1. The molecule has 7 nitrogen and oxygen atoms in total. The summed E-state index contributed by atoms with van der Waals surface area (Å²) in [5.74, 6) is 0. The highest BCUT2D eigenvalue weighted by atomic mass is 32.2. The van der Waals surface area contributed by atoms with Crippen molar-refractivity contribution in [1.82, 2.24) is 9.62 Å². The zero-order valence-corrected chi connectivity index (χ0v) is 15.8. The fourth-order valence-corrected chi connectivity index (χ4v) is 4.37. The van der Waals surface area contributed by atoms with Gasteiger partial charge in [-0.3, -0.25) is 15.0 Å². The molecule has 0 radical (unpaired) electrons. The molecule has 1 heterocycles. The van der Waals surface area contributed by atoms with Crippen LogP contribution in [0.5, 0.6) is 0 Å². The maximum absolute atomic E-state index is 12.3. The lowest BCUT2D eigenvalue weighted by Gasteiger charge is -2.28. The molecular weight excluding hydrogens is 366 g/mol. The van der Waals surface area contributed by atoms with E-state index < -0.39 is 14.9 Å². The summed E-state index contributed by atoms with van der Waals surface area (Å²) < 4.78 is 27.1. The lowest BCUT2D eigenvalue weighted by molar-refractivity contribution is -0.385. The van der Waals surface area contributed by atoms with Gasteiger partial charge >= 0.3 is 0 Å². The molecule has 0 bridgehead atoms. The molecule has 0 saturated carbocycles. The maximum atomic E-state index is 12.3. The number of sulfonamides is 1. The Hall–Kier alpha value is -2.29. The molecule has 1 N–H and O–H groups in total. The van der Waals surface area contributed by atoms with E-state index in [-0.39, 0.29) is 10.6 Å². The molecule has 2 aromatic rings. The Morgan fingerprint density at radius 2 is 1.85 bits per heavy atom. The van der Waals surface area contributed by atoms with Crippen LogP contribution in [0.2, 0.25) is 0 Å². The first-order chi connectivity index (χ1) is 13.0. The van der Waals surface area contributed by atoms with Gasteiger partial charge in [0, 0.05) is 31.8 Å². The van der Waals surface area contributed by atoms with Gasteiger partial charge in [0.15, 0.2) is 0 Å². The van der Waals surface area contributed by atoms with E-state index >= 15 is 0 Å². The number of hydrogen-bond acceptors (Lipinski definition) is 5. The number of nitro benzene ring substituents is 1.